The second-order valence-electron chi connectivity index (χ2n) is 5.01. The Bertz CT molecular complexity index is 837. The number of nitrogens with one attached hydrogen (secondary N) is 2. The maximum Gasteiger partial charge on any atom is 0.271 e. The van der Waals surface area contributed by atoms with Crippen molar-refractivity contribution in [1.29, 1.82) is 0 Å². The van der Waals surface area contributed by atoms with Gasteiger partial charge in [-0.3, -0.25) is 14.2 Å². The summed E-state index contributed by atoms with van der Waals surface area (Å²) in [5.74, 6) is 0.780. The Labute approximate surface area is 137 Å². The lowest BCUT2D eigenvalue weighted by Crippen LogP contribution is -2.22. The number of furan rings is 1. The standard InChI is InChI=1S/C16H15N5O3/c1-11(22)20-12-4-5-15(17-7-12)21-9-14(19-10-21)16(23)18-8-13-3-2-6-24-13/h2-7,9-10H,8H2,1H3,(H,18,23)(H,20,22). The van der Waals surface area contributed by atoms with E-state index < -0.39 is 0 Å². The molecule has 3 aromatic heterocycles. The zero-order valence-corrected chi connectivity index (χ0v) is 12.9. The van der Waals surface area contributed by atoms with Gasteiger partial charge in [0.25, 0.3) is 5.91 Å². The molecule has 0 bridgehead atoms. The van der Waals surface area contributed by atoms with Crippen molar-refractivity contribution in [2.24, 2.45) is 0 Å². The fraction of sp³-hybridized carbons (Fsp3) is 0.125. The second-order valence-corrected chi connectivity index (χ2v) is 5.01. The lowest BCUT2D eigenvalue weighted by Gasteiger charge is -2.04. The lowest BCUT2D eigenvalue weighted by molar-refractivity contribution is -0.114. The third-order valence-electron chi connectivity index (χ3n) is 3.15. The molecular formula is C16H15N5O3. The molecule has 0 aliphatic carbocycles. The molecule has 0 atom stereocenters. The molecule has 0 radical (unpaired) electrons. The van der Waals surface area contributed by atoms with Crippen molar-refractivity contribution in [3.05, 3.63) is 60.7 Å². The number of imidazole rings is 1. The van der Waals surface area contributed by atoms with Gasteiger partial charge in [-0.05, 0) is 24.3 Å². The number of hydrogen-bond donors (Lipinski definition) is 2. The van der Waals surface area contributed by atoms with Gasteiger partial charge in [-0.15, -0.1) is 0 Å². The Kier molecular flexibility index (Phi) is 4.37. The zero-order chi connectivity index (χ0) is 16.9. The van der Waals surface area contributed by atoms with Gasteiger partial charge in [0.05, 0.1) is 24.7 Å². The van der Waals surface area contributed by atoms with Gasteiger partial charge in [0.2, 0.25) is 5.91 Å². The number of nitrogens with zero attached hydrogens (tertiary/aromatic N) is 3. The third-order valence-corrected chi connectivity index (χ3v) is 3.15. The summed E-state index contributed by atoms with van der Waals surface area (Å²) in [5, 5.41) is 5.36. The van der Waals surface area contributed by atoms with E-state index in [0.717, 1.165) is 0 Å². The van der Waals surface area contributed by atoms with Crippen molar-refractivity contribution < 1.29 is 14.0 Å². The first-order chi connectivity index (χ1) is 11.6. The van der Waals surface area contributed by atoms with Crippen molar-refractivity contribution >= 4 is 17.5 Å². The van der Waals surface area contributed by atoms with Crippen molar-refractivity contribution in [1.82, 2.24) is 19.9 Å². The molecule has 0 saturated heterocycles. The highest BCUT2D eigenvalue weighted by Crippen LogP contribution is 2.10. The van der Waals surface area contributed by atoms with E-state index in [1.807, 2.05) is 0 Å². The van der Waals surface area contributed by atoms with Crippen LogP contribution in [0.4, 0.5) is 5.69 Å². The van der Waals surface area contributed by atoms with E-state index in [-0.39, 0.29) is 17.5 Å². The van der Waals surface area contributed by atoms with Gasteiger partial charge in [-0.1, -0.05) is 0 Å². The smallest absolute Gasteiger partial charge is 0.271 e. The number of hydrogen-bond acceptors (Lipinski definition) is 5. The monoisotopic (exact) mass is 325 g/mol. The lowest BCUT2D eigenvalue weighted by atomic mass is 10.4. The van der Waals surface area contributed by atoms with Gasteiger partial charge < -0.3 is 15.1 Å². The number of aromatic nitrogens is 3. The number of rotatable bonds is 5. The summed E-state index contributed by atoms with van der Waals surface area (Å²) in [6.45, 7) is 1.72. The van der Waals surface area contributed by atoms with E-state index in [2.05, 4.69) is 20.6 Å². The minimum atomic E-state index is -0.306. The van der Waals surface area contributed by atoms with Crippen LogP contribution < -0.4 is 10.6 Å². The van der Waals surface area contributed by atoms with Crippen LogP contribution in [0.25, 0.3) is 5.82 Å². The Balaban J connectivity index is 1.66. The van der Waals surface area contributed by atoms with Gasteiger partial charge in [-0.25, -0.2) is 9.97 Å². The summed E-state index contributed by atoms with van der Waals surface area (Å²) in [6.07, 6.45) is 6.17. The van der Waals surface area contributed by atoms with Crippen LogP contribution in [0.2, 0.25) is 0 Å². The third kappa shape index (κ3) is 3.67. The molecule has 0 fully saturated rings. The molecule has 0 aromatic carbocycles. The highest BCUT2D eigenvalue weighted by Gasteiger charge is 2.11. The first-order valence-electron chi connectivity index (χ1n) is 7.20. The summed E-state index contributed by atoms with van der Waals surface area (Å²) in [7, 11) is 0. The average molecular weight is 325 g/mol. The topological polar surface area (TPSA) is 102 Å². The van der Waals surface area contributed by atoms with E-state index in [4.69, 9.17) is 4.42 Å². The van der Waals surface area contributed by atoms with Gasteiger partial charge in [0.15, 0.2) is 0 Å². The number of amides is 2. The summed E-state index contributed by atoms with van der Waals surface area (Å²) in [6, 6.07) is 6.98. The highest BCUT2D eigenvalue weighted by molar-refractivity contribution is 5.92. The molecule has 8 nitrogen and oxygen atoms in total. The first-order valence-corrected chi connectivity index (χ1v) is 7.20. The molecule has 3 aromatic rings. The Morgan fingerprint density at radius 1 is 1.25 bits per heavy atom. The van der Waals surface area contributed by atoms with Crippen LogP contribution in [-0.2, 0) is 11.3 Å². The van der Waals surface area contributed by atoms with Crippen LogP contribution in [0.3, 0.4) is 0 Å². The fourth-order valence-corrected chi connectivity index (χ4v) is 2.05. The predicted molar refractivity (Wildman–Crippen MR) is 85.5 cm³/mol. The molecule has 2 amide bonds. The van der Waals surface area contributed by atoms with E-state index in [9.17, 15) is 9.59 Å². The molecular weight excluding hydrogens is 310 g/mol. The number of carbonyl (C=O) groups is 2. The molecule has 0 aliphatic heterocycles. The summed E-state index contributed by atoms with van der Waals surface area (Å²) in [4.78, 5) is 31.3. The van der Waals surface area contributed by atoms with E-state index in [1.165, 1.54) is 19.4 Å². The fourth-order valence-electron chi connectivity index (χ4n) is 2.05. The number of pyridine rings is 1. The molecule has 0 saturated carbocycles. The number of anilines is 1. The Morgan fingerprint density at radius 3 is 2.79 bits per heavy atom. The van der Waals surface area contributed by atoms with Crippen LogP contribution in [0.5, 0.6) is 0 Å². The highest BCUT2D eigenvalue weighted by atomic mass is 16.3. The molecule has 0 spiro atoms. The van der Waals surface area contributed by atoms with Crippen LogP contribution in [0.15, 0.2) is 53.7 Å². The van der Waals surface area contributed by atoms with Crippen LogP contribution in [0.1, 0.15) is 23.2 Å². The van der Waals surface area contributed by atoms with Crippen LogP contribution in [0, 0.1) is 0 Å². The van der Waals surface area contributed by atoms with E-state index in [1.54, 1.807) is 41.3 Å². The van der Waals surface area contributed by atoms with Crippen molar-refractivity contribution in [3.63, 3.8) is 0 Å². The number of carbonyl (C=O) groups excluding carboxylic acids is 2. The van der Waals surface area contributed by atoms with Crippen LogP contribution >= 0.6 is 0 Å². The zero-order valence-electron chi connectivity index (χ0n) is 12.9. The van der Waals surface area contributed by atoms with Gasteiger partial charge in [0.1, 0.15) is 23.6 Å². The molecule has 3 rings (SSSR count). The minimum Gasteiger partial charge on any atom is -0.467 e. The van der Waals surface area contributed by atoms with E-state index >= 15 is 0 Å². The van der Waals surface area contributed by atoms with Crippen molar-refractivity contribution in [2.75, 3.05) is 5.32 Å². The summed E-state index contributed by atoms with van der Waals surface area (Å²) < 4.78 is 6.78. The molecule has 0 unspecified atom stereocenters. The molecule has 8 heteroatoms. The van der Waals surface area contributed by atoms with Gasteiger partial charge in [-0.2, -0.15) is 0 Å². The molecule has 3 heterocycles. The second kappa shape index (κ2) is 6.78. The largest absolute Gasteiger partial charge is 0.467 e. The normalized spacial score (nSPS) is 10.4. The Hall–Kier alpha value is -3.42. The van der Waals surface area contributed by atoms with Crippen LogP contribution in [-0.4, -0.2) is 26.3 Å². The average Bonchev–Trinajstić information content (AvgIpc) is 3.24. The molecule has 0 aliphatic rings. The molecule has 122 valence electrons. The Morgan fingerprint density at radius 2 is 2.12 bits per heavy atom. The SMILES string of the molecule is CC(=O)Nc1ccc(-n2cnc(C(=O)NCc3ccco3)c2)nc1. The predicted octanol–water partition coefficient (Wildman–Crippen LogP) is 1.75. The van der Waals surface area contributed by atoms with E-state index in [0.29, 0.717) is 23.8 Å². The summed E-state index contributed by atoms with van der Waals surface area (Å²) >= 11 is 0. The van der Waals surface area contributed by atoms with Gasteiger partial charge >= 0.3 is 0 Å². The summed E-state index contributed by atoms with van der Waals surface area (Å²) in [5.41, 5.74) is 0.872. The minimum absolute atomic E-state index is 0.164. The van der Waals surface area contributed by atoms with Crippen molar-refractivity contribution in [2.45, 2.75) is 13.5 Å². The molecule has 24 heavy (non-hydrogen) atoms. The first kappa shape index (κ1) is 15.5. The van der Waals surface area contributed by atoms with Crippen molar-refractivity contribution in [3.8, 4) is 5.82 Å². The quantitative estimate of drug-likeness (QED) is 0.744. The maximum atomic E-state index is 12.1. The van der Waals surface area contributed by atoms with Gasteiger partial charge in [0, 0.05) is 13.1 Å². The maximum absolute atomic E-state index is 12.1. The molecule has 2 N–H and O–H groups in total.